The largest absolute Gasteiger partial charge is 0.322 e. The van der Waals surface area contributed by atoms with E-state index < -0.39 is 0 Å². The van der Waals surface area contributed by atoms with Gasteiger partial charge in [-0.3, -0.25) is 14.4 Å². The van der Waals surface area contributed by atoms with Crippen LogP contribution in [0, 0.1) is 0 Å². The predicted molar refractivity (Wildman–Crippen MR) is 94.1 cm³/mol. The molecule has 0 saturated carbocycles. The number of para-hydroxylation sites is 1. The molecule has 0 bridgehead atoms. The molecular formula is C21H13NO3. The Hall–Kier alpha value is -3.53. The fourth-order valence-corrected chi connectivity index (χ4v) is 2.97. The molecule has 0 atom stereocenters. The quantitative estimate of drug-likeness (QED) is 0.610. The van der Waals surface area contributed by atoms with Gasteiger partial charge in [0.1, 0.15) is 0 Å². The second kappa shape index (κ2) is 5.83. The van der Waals surface area contributed by atoms with E-state index in [4.69, 9.17) is 0 Å². The summed E-state index contributed by atoms with van der Waals surface area (Å²) in [7, 11) is 0. The van der Waals surface area contributed by atoms with Gasteiger partial charge in [-0.05, 0) is 30.3 Å². The number of carbonyl (C=O) groups is 3. The van der Waals surface area contributed by atoms with Crippen LogP contribution in [0.4, 0.5) is 5.69 Å². The summed E-state index contributed by atoms with van der Waals surface area (Å²) >= 11 is 0. The van der Waals surface area contributed by atoms with Crippen molar-refractivity contribution in [2.75, 3.05) is 5.32 Å². The van der Waals surface area contributed by atoms with Crippen LogP contribution >= 0.6 is 0 Å². The zero-order chi connectivity index (χ0) is 17.4. The average molecular weight is 327 g/mol. The summed E-state index contributed by atoms with van der Waals surface area (Å²) in [6.45, 7) is 0. The Bertz CT molecular complexity index is 1020. The van der Waals surface area contributed by atoms with Gasteiger partial charge in [0.25, 0.3) is 5.91 Å². The lowest BCUT2D eigenvalue weighted by Gasteiger charge is -2.17. The maximum absolute atomic E-state index is 12.7. The molecule has 1 aliphatic rings. The highest BCUT2D eigenvalue weighted by atomic mass is 16.2. The SMILES string of the molecule is O=C(Nc1ccccc1)c1ccc2c(c1)C(=O)c1ccccc1C2=O. The van der Waals surface area contributed by atoms with Gasteiger partial charge in [0, 0.05) is 33.5 Å². The topological polar surface area (TPSA) is 63.2 Å². The molecule has 0 aliphatic heterocycles. The van der Waals surface area contributed by atoms with E-state index in [2.05, 4.69) is 5.32 Å². The number of amides is 1. The Balaban J connectivity index is 1.72. The monoisotopic (exact) mass is 327 g/mol. The third-order valence-electron chi connectivity index (χ3n) is 4.22. The van der Waals surface area contributed by atoms with Crippen molar-refractivity contribution in [2.24, 2.45) is 0 Å². The van der Waals surface area contributed by atoms with Gasteiger partial charge in [0.05, 0.1) is 0 Å². The summed E-state index contributed by atoms with van der Waals surface area (Å²) in [5, 5.41) is 2.78. The third kappa shape index (κ3) is 2.54. The average Bonchev–Trinajstić information content (AvgIpc) is 2.66. The summed E-state index contributed by atoms with van der Waals surface area (Å²) in [5.74, 6) is -0.757. The number of carbonyl (C=O) groups excluding carboxylic acids is 3. The number of hydrogen-bond acceptors (Lipinski definition) is 3. The molecule has 1 aliphatic carbocycles. The molecule has 4 nitrogen and oxygen atoms in total. The maximum Gasteiger partial charge on any atom is 0.255 e. The molecule has 3 aromatic rings. The Morgan fingerprint density at radius 2 is 1.20 bits per heavy atom. The molecule has 0 saturated heterocycles. The van der Waals surface area contributed by atoms with E-state index in [9.17, 15) is 14.4 Å². The van der Waals surface area contributed by atoms with E-state index >= 15 is 0 Å². The van der Waals surface area contributed by atoms with Crippen LogP contribution in [-0.4, -0.2) is 17.5 Å². The molecule has 25 heavy (non-hydrogen) atoms. The zero-order valence-corrected chi connectivity index (χ0v) is 13.2. The zero-order valence-electron chi connectivity index (χ0n) is 13.2. The molecular weight excluding hydrogens is 314 g/mol. The van der Waals surface area contributed by atoms with Crippen molar-refractivity contribution in [3.8, 4) is 0 Å². The fraction of sp³-hybridized carbons (Fsp3) is 0. The van der Waals surface area contributed by atoms with Gasteiger partial charge in [-0.2, -0.15) is 0 Å². The Morgan fingerprint density at radius 3 is 1.88 bits per heavy atom. The van der Waals surface area contributed by atoms with Crippen LogP contribution in [-0.2, 0) is 0 Å². The first kappa shape index (κ1) is 15.0. The van der Waals surface area contributed by atoms with Gasteiger partial charge >= 0.3 is 0 Å². The molecule has 120 valence electrons. The van der Waals surface area contributed by atoms with Crippen LogP contribution in [0.1, 0.15) is 42.2 Å². The number of nitrogens with one attached hydrogen (secondary N) is 1. The molecule has 1 N–H and O–H groups in total. The summed E-state index contributed by atoms with van der Waals surface area (Å²) in [6, 6.07) is 20.4. The Labute approximate surface area is 144 Å². The van der Waals surface area contributed by atoms with Crippen molar-refractivity contribution < 1.29 is 14.4 Å². The number of rotatable bonds is 2. The van der Waals surface area contributed by atoms with Crippen LogP contribution in [0.5, 0.6) is 0 Å². The van der Waals surface area contributed by atoms with E-state index in [1.807, 2.05) is 18.2 Å². The third-order valence-corrected chi connectivity index (χ3v) is 4.22. The van der Waals surface area contributed by atoms with Crippen LogP contribution < -0.4 is 5.32 Å². The van der Waals surface area contributed by atoms with Crippen molar-refractivity contribution in [2.45, 2.75) is 0 Å². The lowest BCUT2D eigenvalue weighted by atomic mass is 9.83. The number of ketones is 2. The van der Waals surface area contributed by atoms with Gasteiger partial charge in [-0.1, -0.05) is 42.5 Å². The van der Waals surface area contributed by atoms with Crippen molar-refractivity contribution in [3.63, 3.8) is 0 Å². The first-order valence-corrected chi connectivity index (χ1v) is 7.84. The molecule has 4 heteroatoms. The van der Waals surface area contributed by atoms with Gasteiger partial charge in [0.2, 0.25) is 0 Å². The molecule has 0 radical (unpaired) electrons. The van der Waals surface area contributed by atoms with Crippen LogP contribution in [0.2, 0.25) is 0 Å². The highest BCUT2D eigenvalue weighted by Gasteiger charge is 2.29. The molecule has 4 rings (SSSR count). The molecule has 0 fully saturated rings. The minimum absolute atomic E-state index is 0.194. The molecule has 1 amide bonds. The van der Waals surface area contributed by atoms with Crippen LogP contribution in [0.3, 0.4) is 0 Å². The van der Waals surface area contributed by atoms with Crippen LogP contribution in [0.25, 0.3) is 0 Å². The number of hydrogen-bond donors (Lipinski definition) is 1. The summed E-state index contributed by atoms with van der Waals surface area (Å²) < 4.78 is 0. The molecule has 3 aromatic carbocycles. The standard InChI is InChI=1S/C21H13NO3/c23-19-15-8-4-5-9-16(15)20(24)18-12-13(10-11-17(18)19)21(25)22-14-6-2-1-3-7-14/h1-12H,(H,22,25). The van der Waals surface area contributed by atoms with Crippen molar-refractivity contribution in [3.05, 3.63) is 101 Å². The van der Waals surface area contributed by atoms with E-state index in [0.717, 1.165) is 0 Å². The molecule has 0 unspecified atom stereocenters. The lowest BCUT2D eigenvalue weighted by molar-refractivity contribution is 0.0978. The predicted octanol–water partition coefficient (Wildman–Crippen LogP) is 3.71. The van der Waals surface area contributed by atoms with E-state index in [1.54, 1.807) is 48.5 Å². The van der Waals surface area contributed by atoms with Gasteiger partial charge in [-0.25, -0.2) is 0 Å². The first-order valence-electron chi connectivity index (χ1n) is 7.84. The lowest BCUT2D eigenvalue weighted by Crippen LogP contribution is -2.22. The normalized spacial score (nSPS) is 12.3. The molecule has 0 spiro atoms. The van der Waals surface area contributed by atoms with E-state index in [1.165, 1.54) is 6.07 Å². The van der Waals surface area contributed by atoms with Crippen LogP contribution in [0.15, 0.2) is 72.8 Å². The Morgan fingerprint density at radius 1 is 0.640 bits per heavy atom. The highest BCUT2D eigenvalue weighted by Crippen LogP contribution is 2.28. The van der Waals surface area contributed by atoms with E-state index in [0.29, 0.717) is 27.9 Å². The first-order chi connectivity index (χ1) is 12.1. The fourth-order valence-electron chi connectivity index (χ4n) is 2.97. The Kier molecular flexibility index (Phi) is 3.51. The molecule has 0 heterocycles. The van der Waals surface area contributed by atoms with Gasteiger partial charge < -0.3 is 5.32 Å². The second-order valence-electron chi connectivity index (χ2n) is 5.78. The number of benzene rings is 3. The van der Waals surface area contributed by atoms with Gasteiger partial charge in [0.15, 0.2) is 11.6 Å². The smallest absolute Gasteiger partial charge is 0.255 e. The minimum atomic E-state index is -0.326. The summed E-state index contributed by atoms with van der Waals surface area (Å²) in [5.41, 5.74) is 2.38. The molecule has 0 aromatic heterocycles. The van der Waals surface area contributed by atoms with Crippen molar-refractivity contribution >= 4 is 23.2 Å². The maximum atomic E-state index is 12.7. The second-order valence-corrected chi connectivity index (χ2v) is 5.78. The summed E-state index contributed by atoms with van der Waals surface area (Å²) in [6.07, 6.45) is 0. The highest BCUT2D eigenvalue weighted by molar-refractivity contribution is 6.28. The van der Waals surface area contributed by atoms with Crippen molar-refractivity contribution in [1.82, 2.24) is 0 Å². The summed E-state index contributed by atoms with van der Waals surface area (Å²) in [4.78, 5) is 37.7. The number of anilines is 1. The minimum Gasteiger partial charge on any atom is -0.322 e. The van der Waals surface area contributed by atoms with E-state index in [-0.39, 0.29) is 23.0 Å². The number of fused-ring (bicyclic) bond motifs is 2. The van der Waals surface area contributed by atoms with Gasteiger partial charge in [-0.15, -0.1) is 0 Å². The van der Waals surface area contributed by atoms with Crippen molar-refractivity contribution in [1.29, 1.82) is 0 Å².